The van der Waals surface area contributed by atoms with Gasteiger partial charge in [-0.3, -0.25) is 9.69 Å². The molecule has 10 heteroatoms. The lowest BCUT2D eigenvalue weighted by Crippen LogP contribution is -2.38. The van der Waals surface area contributed by atoms with Crippen molar-refractivity contribution in [1.29, 1.82) is 0 Å². The first-order valence-corrected chi connectivity index (χ1v) is 13.3. The predicted octanol–water partition coefficient (Wildman–Crippen LogP) is 5.38. The molecule has 0 aliphatic rings. The van der Waals surface area contributed by atoms with Gasteiger partial charge >= 0.3 is 12.1 Å². The number of hydrogen-bond acceptors (Lipinski definition) is 9. The van der Waals surface area contributed by atoms with Crippen molar-refractivity contribution < 1.29 is 28.5 Å². The van der Waals surface area contributed by atoms with E-state index in [1.807, 2.05) is 49.5 Å². The summed E-state index contributed by atoms with van der Waals surface area (Å²) in [4.78, 5) is 33.2. The quantitative estimate of drug-likeness (QED) is 0.218. The molecule has 0 atom stereocenters. The highest BCUT2D eigenvalue weighted by Gasteiger charge is 2.22. The first kappa shape index (κ1) is 27.7. The number of benzene rings is 3. The van der Waals surface area contributed by atoms with Crippen molar-refractivity contribution in [2.45, 2.75) is 13.5 Å². The van der Waals surface area contributed by atoms with E-state index in [1.54, 1.807) is 42.5 Å². The van der Waals surface area contributed by atoms with E-state index in [0.29, 0.717) is 24.7 Å². The van der Waals surface area contributed by atoms with Gasteiger partial charge < -0.3 is 23.8 Å². The second kappa shape index (κ2) is 13.5. The van der Waals surface area contributed by atoms with Gasteiger partial charge in [-0.1, -0.05) is 47.7 Å². The van der Waals surface area contributed by atoms with Gasteiger partial charge in [0.25, 0.3) is 0 Å². The first-order valence-electron chi connectivity index (χ1n) is 12.5. The number of esters is 1. The van der Waals surface area contributed by atoms with Crippen molar-refractivity contribution >= 4 is 38.7 Å². The predicted molar refractivity (Wildman–Crippen MR) is 151 cm³/mol. The number of nitrogens with zero attached hydrogens (tertiary/aromatic N) is 3. The third-order valence-electron chi connectivity index (χ3n) is 5.75. The summed E-state index contributed by atoms with van der Waals surface area (Å²) in [6.07, 6.45) is -0.689. The van der Waals surface area contributed by atoms with Crippen LogP contribution in [0.1, 0.15) is 12.5 Å². The molecule has 0 bridgehead atoms. The fourth-order valence-corrected chi connectivity index (χ4v) is 4.69. The smallest absolute Gasteiger partial charge is 0.416 e. The summed E-state index contributed by atoms with van der Waals surface area (Å²) < 4.78 is 22.9. The second-order valence-electron chi connectivity index (χ2n) is 8.56. The highest BCUT2D eigenvalue weighted by Crippen LogP contribution is 2.28. The van der Waals surface area contributed by atoms with Crippen molar-refractivity contribution in [2.24, 2.45) is 0 Å². The number of methoxy groups -OCH3 is 1. The molecule has 0 saturated heterocycles. The summed E-state index contributed by atoms with van der Waals surface area (Å²) in [6, 6.07) is 22.2. The molecule has 1 heterocycles. The number of ether oxygens (including phenoxy) is 4. The lowest BCUT2D eigenvalue weighted by Gasteiger charge is -2.22. The molecule has 4 aromatic rings. The average Bonchev–Trinajstić information content (AvgIpc) is 3.39. The monoisotopic (exact) mass is 549 g/mol. The zero-order valence-electron chi connectivity index (χ0n) is 22.2. The molecule has 3 aromatic carbocycles. The Morgan fingerprint density at radius 2 is 1.67 bits per heavy atom. The number of rotatable bonds is 12. The van der Waals surface area contributed by atoms with Crippen LogP contribution in [0.3, 0.4) is 0 Å². The largest absolute Gasteiger partial charge is 0.493 e. The van der Waals surface area contributed by atoms with Crippen LogP contribution in [0, 0.1) is 0 Å². The number of para-hydroxylation sites is 3. The van der Waals surface area contributed by atoms with Crippen molar-refractivity contribution in [3.8, 4) is 17.2 Å². The topological polar surface area (TPSA) is 90.4 Å². The number of carbonyl (C=O) groups is 2. The molecule has 9 nitrogen and oxygen atoms in total. The van der Waals surface area contributed by atoms with Crippen LogP contribution in [0.2, 0.25) is 0 Å². The molecule has 0 radical (unpaired) electrons. The van der Waals surface area contributed by atoms with Crippen molar-refractivity contribution in [3.63, 3.8) is 0 Å². The number of hydrogen-bond donors (Lipinski definition) is 0. The second-order valence-corrected chi connectivity index (χ2v) is 9.57. The molecular formula is C29H31N3O6S. The minimum Gasteiger partial charge on any atom is -0.493 e. The van der Waals surface area contributed by atoms with Crippen LogP contribution < -0.4 is 19.1 Å². The van der Waals surface area contributed by atoms with E-state index >= 15 is 0 Å². The molecule has 204 valence electrons. The maximum Gasteiger partial charge on any atom is 0.416 e. The Labute approximate surface area is 231 Å². The number of thiazole rings is 1. The van der Waals surface area contributed by atoms with E-state index in [0.717, 1.165) is 20.9 Å². The zero-order chi connectivity index (χ0) is 27.6. The Bertz CT molecular complexity index is 1360. The van der Waals surface area contributed by atoms with Crippen LogP contribution in [0.5, 0.6) is 17.2 Å². The summed E-state index contributed by atoms with van der Waals surface area (Å²) in [5.41, 5.74) is 1.79. The number of carbonyl (C=O) groups excluding carboxylic acids is 2. The number of amides is 1. The molecular weight excluding hydrogens is 518 g/mol. The van der Waals surface area contributed by atoms with Gasteiger partial charge in [0.1, 0.15) is 18.9 Å². The van der Waals surface area contributed by atoms with Crippen LogP contribution in [0.4, 0.5) is 9.93 Å². The third kappa shape index (κ3) is 7.61. The normalized spacial score (nSPS) is 10.6. The van der Waals surface area contributed by atoms with E-state index in [-0.39, 0.29) is 25.4 Å². The number of fused-ring (bicyclic) bond motifs is 1. The lowest BCUT2D eigenvalue weighted by atomic mass is 10.2. The highest BCUT2D eigenvalue weighted by atomic mass is 32.1. The van der Waals surface area contributed by atoms with Gasteiger partial charge in [-0.25, -0.2) is 9.78 Å². The molecule has 4 rings (SSSR count). The minimum absolute atomic E-state index is 0.146. The van der Waals surface area contributed by atoms with Gasteiger partial charge in [0.2, 0.25) is 0 Å². The molecule has 0 fully saturated rings. The SMILES string of the molecule is CCOC(=O)CN(Cc1ccc(OCCN(C)c2nc3ccccc3s2)cc1)C(=O)Oc1ccccc1OC. The number of likely N-dealkylation sites (N-methyl/N-ethyl adjacent to an activating group) is 1. The Morgan fingerprint density at radius 1 is 0.949 bits per heavy atom. The minimum atomic E-state index is -0.689. The number of anilines is 1. The molecule has 1 aromatic heterocycles. The molecule has 0 unspecified atom stereocenters. The van der Waals surface area contributed by atoms with Gasteiger partial charge in [0.05, 0.1) is 30.5 Å². The van der Waals surface area contributed by atoms with Crippen LogP contribution in [-0.2, 0) is 16.1 Å². The molecule has 0 saturated carbocycles. The maximum atomic E-state index is 13.0. The van der Waals surface area contributed by atoms with Crippen molar-refractivity contribution in [1.82, 2.24) is 9.88 Å². The van der Waals surface area contributed by atoms with E-state index in [4.69, 9.17) is 18.9 Å². The third-order valence-corrected chi connectivity index (χ3v) is 6.90. The van der Waals surface area contributed by atoms with Gasteiger partial charge in [0, 0.05) is 13.6 Å². The van der Waals surface area contributed by atoms with Crippen molar-refractivity contribution in [2.75, 3.05) is 45.4 Å². The summed E-state index contributed by atoms with van der Waals surface area (Å²) in [6.45, 7) is 2.97. The Morgan fingerprint density at radius 3 is 2.38 bits per heavy atom. The summed E-state index contributed by atoms with van der Waals surface area (Å²) in [5, 5.41) is 0.942. The fraction of sp³-hybridized carbons (Fsp3) is 0.276. The molecule has 0 N–H and O–H groups in total. The van der Waals surface area contributed by atoms with E-state index in [1.165, 1.54) is 12.0 Å². The first-order chi connectivity index (χ1) is 19.0. The van der Waals surface area contributed by atoms with Crippen LogP contribution in [-0.4, -0.2) is 62.4 Å². The molecule has 0 aliphatic carbocycles. The van der Waals surface area contributed by atoms with E-state index in [2.05, 4.69) is 16.0 Å². The zero-order valence-corrected chi connectivity index (χ0v) is 23.0. The van der Waals surface area contributed by atoms with Gasteiger partial charge in [-0.05, 0) is 48.9 Å². The Balaban J connectivity index is 1.34. The lowest BCUT2D eigenvalue weighted by molar-refractivity contribution is -0.144. The fourth-order valence-electron chi connectivity index (χ4n) is 3.74. The highest BCUT2D eigenvalue weighted by molar-refractivity contribution is 7.22. The molecule has 0 aliphatic heterocycles. The molecule has 0 spiro atoms. The van der Waals surface area contributed by atoms with Gasteiger partial charge in [0.15, 0.2) is 16.6 Å². The van der Waals surface area contributed by atoms with E-state index in [9.17, 15) is 9.59 Å². The Kier molecular flexibility index (Phi) is 9.58. The number of aromatic nitrogens is 1. The summed E-state index contributed by atoms with van der Waals surface area (Å²) in [5.74, 6) is 0.854. The van der Waals surface area contributed by atoms with Crippen LogP contribution in [0.25, 0.3) is 10.2 Å². The van der Waals surface area contributed by atoms with Crippen molar-refractivity contribution in [3.05, 3.63) is 78.4 Å². The van der Waals surface area contributed by atoms with Crippen LogP contribution in [0.15, 0.2) is 72.8 Å². The van der Waals surface area contributed by atoms with Gasteiger partial charge in [-0.2, -0.15) is 0 Å². The summed E-state index contributed by atoms with van der Waals surface area (Å²) in [7, 11) is 3.48. The maximum absolute atomic E-state index is 13.0. The molecule has 39 heavy (non-hydrogen) atoms. The van der Waals surface area contributed by atoms with E-state index < -0.39 is 12.1 Å². The standard InChI is InChI=1S/C29H31N3O6S/c1-4-36-27(33)20-32(29(34)38-25-11-7-6-10-24(25)35-3)19-21-13-15-22(16-14-21)37-18-17-31(2)28-30-23-9-5-8-12-26(23)39-28/h5-16H,4,17-20H2,1-3H3. The van der Waals surface area contributed by atoms with Crippen LogP contribution >= 0.6 is 11.3 Å². The average molecular weight is 550 g/mol. The Hall–Kier alpha value is -4.31. The summed E-state index contributed by atoms with van der Waals surface area (Å²) >= 11 is 1.65. The molecule has 1 amide bonds. The van der Waals surface area contributed by atoms with Gasteiger partial charge in [-0.15, -0.1) is 0 Å².